The third-order valence-electron chi connectivity index (χ3n) is 4.06. The molecular formula is C18H19N5O3. The molecule has 2 aromatic heterocycles. The molecule has 0 aliphatic rings. The van der Waals surface area contributed by atoms with Crippen molar-refractivity contribution in [3.05, 3.63) is 57.6 Å². The Bertz CT molecular complexity index is 1040. The maximum absolute atomic E-state index is 12.6. The molecule has 0 saturated carbocycles. The molecule has 2 heterocycles. The number of benzene rings is 1. The zero-order chi connectivity index (χ0) is 18.7. The highest BCUT2D eigenvalue weighted by Crippen LogP contribution is 2.22. The van der Waals surface area contributed by atoms with Crippen molar-refractivity contribution in [1.29, 1.82) is 0 Å². The van der Waals surface area contributed by atoms with Crippen LogP contribution in [0.4, 0.5) is 5.95 Å². The minimum Gasteiger partial charge on any atom is -0.505 e. The van der Waals surface area contributed by atoms with Gasteiger partial charge in [0.05, 0.1) is 29.4 Å². The molecule has 0 unspecified atom stereocenters. The van der Waals surface area contributed by atoms with E-state index in [9.17, 15) is 15.0 Å². The number of nitrogens with one attached hydrogen (secondary N) is 1. The summed E-state index contributed by atoms with van der Waals surface area (Å²) in [4.78, 5) is 21.0. The van der Waals surface area contributed by atoms with E-state index in [1.165, 1.54) is 17.0 Å². The van der Waals surface area contributed by atoms with E-state index in [0.29, 0.717) is 40.2 Å². The van der Waals surface area contributed by atoms with Crippen LogP contribution in [-0.2, 0) is 13.2 Å². The highest BCUT2D eigenvalue weighted by molar-refractivity contribution is 5.86. The number of hydrogen-bond donors (Lipinski definition) is 3. The molecule has 0 bridgehead atoms. The number of aliphatic hydroxyl groups is 1. The molecule has 0 radical (unpaired) electrons. The lowest BCUT2D eigenvalue weighted by molar-refractivity contribution is 0.280. The molecule has 0 spiro atoms. The number of aliphatic hydroxyl groups excluding tert-OH is 1. The number of anilines is 1. The number of aryl methyl sites for hydroxylation is 1. The number of para-hydroxylation sites is 1. The summed E-state index contributed by atoms with van der Waals surface area (Å²) in [6, 6.07) is 7.09. The van der Waals surface area contributed by atoms with Crippen molar-refractivity contribution in [2.24, 2.45) is 5.10 Å². The van der Waals surface area contributed by atoms with Gasteiger partial charge in [0.25, 0.3) is 5.56 Å². The van der Waals surface area contributed by atoms with Crippen molar-refractivity contribution in [2.75, 3.05) is 5.43 Å². The molecule has 1 aromatic carbocycles. The standard InChI is InChI=1S/C18H19N5O3/c1-3-23-17(26)13-6-4-5-7-15(13)21-18(23)22-20-9-14-12(10-24)8-19-11(2)16(14)25/h4-9,24-25H,3,10H2,1-2H3,(H,21,22)/b20-9+. The Morgan fingerprint density at radius 2 is 2.12 bits per heavy atom. The predicted molar refractivity (Wildman–Crippen MR) is 99.5 cm³/mol. The molecule has 0 amide bonds. The van der Waals surface area contributed by atoms with E-state index in [0.717, 1.165) is 0 Å². The van der Waals surface area contributed by atoms with Crippen molar-refractivity contribution >= 4 is 23.1 Å². The number of fused-ring (bicyclic) bond motifs is 1. The van der Waals surface area contributed by atoms with Crippen LogP contribution in [0.3, 0.4) is 0 Å². The Balaban J connectivity index is 1.99. The molecule has 3 N–H and O–H groups in total. The molecule has 0 saturated heterocycles. The van der Waals surface area contributed by atoms with E-state index in [-0.39, 0.29) is 17.9 Å². The third kappa shape index (κ3) is 3.14. The number of aromatic hydroxyl groups is 1. The van der Waals surface area contributed by atoms with Gasteiger partial charge in [-0.15, -0.1) is 0 Å². The Morgan fingerprint density at radius 1 is 1.35 bits per heavy atom. The number of hydrazone groups is 1. The van der Waals surface area contributed by atoms with Gasteiger partial charge in [0, 0.05) is 23.9 Å². The SMILES string of the molecule is CCn1c(N/N=C/c2c(CO)cnc(C)c2O)nc2ccccc2c1=O. The lowest BCUT2D eigenvalue weighted by Gasteiger charge is -2.11. The van der Waals surface area contributed by atoms with E-state index in [4.69, 9.17) is 0 Å². The van der Waals surface area contributed by atoms with Crippen molar-refractivity contribution in [3.8, 4) is 5.75 Å². The minimum atomic E-state index is -0.282. The van der Waals surface area contributed by atoms with Crippen LogP contribution in [0.15, 0.2) is 40.4 Å². The monoisotopic (exact) mass is 353 g/mol. The molecule has 0 aliphatic carbocycles. The second-order valence-corrected chi connectivity index (χ2v) is 5.66. The van der Waals surface area contributed by atoms with Crippen molar-refractivity contribution in [2.45, 2.75) is 27.0 Å². The molecular weight excluding hydrogens is 334 g/mol. The van der Waals surface area contributed by atoms with Gasteiger partial charge in [0.1, 0.15) is 5.75 Å². The van der Waals surface area contributed by atoms with Gasteiger partial charge in [-0.2, -0.15) is 5.10 Å². The molecule has 26 heavy (non-hydrogen) atoms. The number of hydrogen-bond acceptors (Lipinski definition) is 7. The third-order valence-corrected chi connectivity index (χ3v) is 4.06. The van der Waals surface area contributed by atoms with Crippen LogP contribution in [0.5, 0.6) is 5.75 Å². The molecule has 0 aliphatic heterocycles. The van der Waals surface area contributed by atoms with Crippen LogP contribution < -0.4 is 11.0 Å². The van der Waals surface area contributed by atoms with Gasteiger partial charge >= 0.3 is 0 Å². The van der Waals surface area contributed by atoms with Crippen LogP contribution >= 0.6 is 0 Å². The first-order valence-corrected chi connectivity index (χ1v) is 8.13. The summed E-state index contributed by atoms with van der Waals surface area (Å²) in [6.07, 6.45) is 2.85. The number of pyridine rings is 1. The van der Waals surface area contributed by atoms with Gasteiger partial charge in [-0.3, -0.25) is 14.3 Å². The van der Waals surface area contributed by atoms with E-state index in [1.54, 1.807) is 25.1 Å². The first kappa shape index (κ1) is 17.6. The second kappa shape index (κ2) is 7.32. The van der Waals surface area contributed by atoms with E-state index >= 15 is 0 Å². The number of nitrogens with zero attached hydrogens (tertiary/aromatic N) is 4. The minimum absolute atomic E-state index is 0.0542. The van der Waals surface area contributed by atoms with Gasteiger partial charge in [-0.25, -0.2) is 10.4 Å². The lowest BCUT2D eigenvalue weighted by Crippen LogP contribution is -2.23. The number of rotatable bonds is 5. The molecule has 0 atom stereocenters. The molecule has 134 valence electrons. The van der Waals surface area contributed by atoms with E-state index in [1.807, 2.05) is 13.0 Å². The van der Waals surface area contributed by atoms with Crippen LogP contribution in [0, 0.1) is 6.92 Å². The quantitative estimate of drug-likeness (QED) is 0.476. The van der Waals surface area contributed by atoms with Crippen LogP contribution in [0.1, 0.15) is 23.7 Å². The Labute approximate surface area is 149 Å². The predicted octanol–water partition coefficient (Wildman–Crippen LogP) is 1.76. The highest BCUT2D eigenvalue weighted by atomic mass is 16.3. The smallest absolute Gasteiger partial charge is 0.262 e. The lowest BCUT2D eigenvalue weighted by atomic mass is 10.1. The zero-order valence-corrected chi connectivity index (χ0v) is 14.5. The fraction of sp³-hybridized carbons (Fsp3) is 0.222. The van der Waals surface area contributed by atoms with Gasteiger partial charge in [-0.05, 0) is 26.0 Å². The Morgan fingerprint density at radius 3 is 2.85 bits per heavy atom. The van der Waals surface area contributed by atoms with Crippen LogP contribution in [-0.4, -0.2) is 31.0 Å². The largest absolute Gasteiger partial charge is 0.505 e. The summed E-state index contributed by atoms with van der Waals surface area (Å²) in [5.74, 6) is 0.240. The fourth-order valence-corrected chi connectivity index (χ4v) is 2.62. The zero-order valence-electron chi connectivity index (χ0n) is 14.5. The highest BCUT2D eigenvalue weighted by Gasteiger charge is 2.11. The van der Waals surface area contributed by atoms with Gasteiger partial charge in [0.2, 0.25) is 5.95 Å². The molecule has 3 rings (SSSR count). The van der Waals surface area contributed by atoms with Crippen molar-refractivity contribution in [3.63, 3.8) is 0 Å². The van der Waals surface area contributed by atoms with Gasteiger partial charge in [0.15, 0.2) is 0 Å². The number of aromatic nitrogens is 3. The summed E-state index contributed by atoms with van der Waals surface area (Å²) >= 11 is 0. The summed E-state index contributed by atoms with van der Waals surface area (Å²) in [7, 11) is 0. The van der Waals surface area contributed by atoms with E-state index in [2.05, 4.69) is 20.5 Å². The first-order chi connectivity index (χ1) is 12.6. The maximum Gasteiger partial charge on any atom is 0.262 e. The first-order valence-electron chi connectivity index (χ1n) is 8.13. The molecule has 0 fully saturated rings. The Hall–Kier alpha value is -3.26. The normalized spacial score (nSPS) is 11.3. The second-order valence-electron chi connectivity index (χ2n) is 5.66. The fourth-order valence-electron chi connectivity index (χ4n) is 2.62. The molecule has 3 aromatic rings. The van der Waals surface area contributed by atoms with Gasteiger partial charge in [-0.1, -0.05) is 12.1 Å². The van der Waals surface area contributed by atoms with Crippen molar-refractivity contribution < 1.29 is 10.2 Å². The van der Waals surface area contributed by atoms with Crippen LogP contribution in [0.2, 0.25) is 0 Å². The Kier molecular flexibility index (Phi) is 4.94. The topological polar surface area (TPSA) is 113 Å². The average molecular weight is 353 g/mol. The van der Waals surface area contributed by atoms with Gasteiger partial charge < -0.3 is 10.2 Å². The van der Waals surface area contributed by atoms with E-state index < -0.39 is 0 Å². The van der Waals surface area contributed by atoms with Crippen molar-refractivity contribution in [1.82, 2.24) is 14.5 Å². The van der Waals surface area contributed by atoms with Crippen LogP contribution in [0.25, 0.3) is 10.9 Å². The maximum atomic E-state index is 12.6. The summed E-state index contributed by atoms with van der Waals surface area (Å²) in [5, 5.41) is 24.1. The molecule has 8 nitrogen and oxygen atoms in total. The average Bonchev–Trinajstić information content (AvgIpc) is 2.65. The molecule has 8 heteroatoms. The summed E-state index contributed by atoms with van der Waals surface area (Å²) in [6.45, 7) is 3.64. The summed E-state index contributed by atoms with van der Waals surface area (Å²) in [5.41, 5.74) is 4.39. The summed E-state index contributed by atoms with van der Waals surface area (Å²) < 4.78 is 1.48.